The van der Waals surface area contributed by atoms with Crippen LogP contribution >= 0.6 is 0 Å². The van der Waals surface area contributed by atoms with Crippen LogP contribution in [0.3, 0.4) is 0 Å². The molecule has 3 heteroatoms. The lowest BCUT2D eigenvalue weighted by molar-refractivity contribution is 0.322. The Bertz CT molecular complexity index is 381. The normalized spacial score (nSPS) is 23.7. The molecule has 2 rings (SSSR count). The predicted molar refractivity (Wildman–Crippen MR) is 76.5 cm³/mol. The molecule has 1 fully saturated rings. The molecule has 1 aromatic rings. The van der Waals surface area contributed by atoms with E-state index < -0.39 is 0 Å². The number of hydrogen-bond acceptors (Lipinski definition) is 3. The molecule has 18 heavy (non-hydrogen) atoms. The summed E-state index contributed by atoms with van der Waals surface area (Å²) in [5.41, 5.74) is 1.22. The van der Waals surface area contributed by atoms with Crippen LogP contribution in [0.1, 0.15) is 19.8 Å². The number of nitrogens with one attached hydrogen (secondary N) is 1. The third-order valence-corrected chi connectivity index (χ3v) is 3.75. The minimum Gasteiger partial charge on any atom is -0.497 e. The lowest BCUT2D eigenvalue weighted by Crippen LogP contribution is -2.44. The summed E-state index contributed by atoms with van der Waals surface area (Å²) in [6.45, 7) is 4.55. The molecule has 0 radical (unpaired) electrons. The molecule has 1 aliphatic heterocycles. The second-order valence-corrected chi connectivity index (χ2v) is 5.36. The Labute approximate surface area is 110 Å². The highest BCUT2D eigenvalue weighted by Crippen LogP contribution is 2.22. The van der Waals surface area contributed by atoms with E-state index in [1.54, 1.807) is 7.11 Å². The third-order valence-electron chi connectivity index (χ3n) is 3.75. The Balaban J connectivity index is 1.95. The van der Waals surface area contributed by atoms with Crippen molar-refractivity contribution in [2.24, 2.45) is 5.92 Å². The quantitative estimate of drug-likeness (QED) is 0.886. The molecule has 1 heterocycles. The van der Waals surface area contributed by atoms with Gasteiger partial charge in [0.1, 0.15) is 5.75 Å². The Kier molecular flexibility index (Phi) is 4.48. The van der Waals surface area contributed by atoms with Gasteiger partial charge in [0, 0.05) is 31.4 Å². The highest BCUT2D eigenvalue weighted by molar-refractivity contribution is 5.50. The van der Waals surface area contributed by atoms with E-state index in [1.165, 1.54) is 18.5 Å². The van der Waals surface area contributed by atoms with Crippen LogP contribution in [0.25, 0.3) is 0 Å². The van der Waals surface area contributed by atoms with Crippen molar-refractivity contribution >= 4 is 5.69 Å². The number of benzene rings is 1. The summed E-state index contributed by atoms with van der Waals surface area (Å²) in [6.07, 6.45) is 2.58. The van der Waals surface area contributed by atoms with E-state index in [9.17, 15) is 0 Å². The van der Waals surface area contributed by atoms with E-state index in [4.69, 9.17) is 4.74 Å². The molecule has 2 unspecified atom stereocenters. The van der Waals surface area contributed by atoms with Crippen molar-refractivity contribution in [2.45, 2.75) is 25.8 Å². The van der Waals surface area contributed by atoms with Gasteiger partial charge in [0.15, 0.2) is 0 Å². The molecule has 1 aromatic carbocycles. The van der Waals surface area contributed by atoms with Gasteiger partial charge < -0.3 is 15.0 Å². The zero-order valence-corrected chi connectivity index (χ0v) is 11.6. The van der Waals surface area contributed by atoms with Gasteiger partial charge in [0.25, 0.3) is 0 Å². The average Bonchev–Trinajstić information content (AvgIpc) is 2.39. The fraction of sp³-hybridized carbons (Fsp3) is 0.600. The number of rotatable bonds is 4. The van der Waals surface area contributed by atoms with E-state index in [0.29, 0.717) is 6.04 Å². The van der Waals surface area contributed by atoms with Crippen molar-refractivity contribution in [3.8, 4) is 5.75 Å². The van der Waals surface area contributed by atoms with Crippen molar-refractivity contribution in [1.82, 2.24) is 5.32 Å². The van der Waals surface area contributed by atoms with Crippen LogP contribution in [0.2, 0.25) is 0 Å². The topological polar surface area (TPSA) is 24.5 Å². The first-order chi connectivity index (χ1) is 8.69. The second kappa shape index (κ2) is 6.10. The fourth-order valence-corrected chi connectivity index (χ4v) is 2.64. The summed E-state index contributed by atoms with van der Waals surface area (Å²) in [4.78, 5) is 2.30. The molecule has 0 aromatic heterocycles. The molecule has 0 aliphatic carbocycles. The summed E-state index contributed by atoms with van der Waals surface area (Å²) >= 11 is 0. The zero-order valence-electron chi connectivity index (χ0n) is 11.6. The number of hydrogen-bond donors (Lipinski definition) is 1. The first-order valence-corrected chi connectivity index (χ1v) is 6.77. The van der Waals surface area contributed by atoms with Gasteiger partial charge in [-0.2, -0.15) is 0 Å². The van der Waals surface area contributed by atoms with Gasteiger partial charge in [-0.1, -0.05) is 13.0 Å². The molecule has 1 aliphatic rings. The van der Waals surface area contributed by atoms with Crippen LogP contribution in [0.4, 0.5) is 5.69 Å². The summed E-state index contributed by atoms with van der Waals surface area (Å²) in [5, 5.41) is 3.61. The van der Waals surface area contributed by atoms with Gasteiger partial charge >= 0.3 is 0 Å². The molecular weight excluding hydrogens is 224 g/mol. The number of methoxy groups -OCH3 is 1. The Morgan fingerprint density at radius 3 is 3.00 bits per heavy atom. The Morgan fingerprint density at radius 1 is 1.44 bits per heavy atom. The smallest absolute Gasteiger partial charge is 0.120 e. The van der Waals surface area contributed by atoms with Crippen LogP contribution in [0.5, 0.6) is 5.75 Å². The van der Waals surface area contributed by atoms with Gasteiger partial charge in [-0.15, -0.1) is 0 Å². The largest absolute Gasteiger partial charge is 0.497 e. The lowest BCUT2D eigenvalue weighted by atomic mass is 9.94. The monoisotopic (exact) mass is 248 g/mol. The molecular formula is C15H24N2O. The van der Waals surface area contributed by atoms with Crippen LogP contribution in [0.15, 0.2) is 24.3 Å². The molecule has 100 valence electrons. The van der Waals surface area contributed by atoms with Gasteiger partial charge in [-0.05, 0) is 37.4 Å². The van der Waals surface area contributed by atoms with E-state index in [1.807, 2.05) is 12.1 Å². The maximum atomic E-state index is 5.27. The highest BCUT2D eigenvalue weighted by Gasteiger charge is 2.19. The molecule has 1 N–H and O–H groups in total. The number of anilines is 1. The summed E-state index contributed by atoms with van der Waals surface area (Å²) < 4.78 is 5.27. The minimum atomic E-state index is 0.602. The Hall–Kier alpha value is -1.22. The van der Waals surface area contributed by atoms with Crippen LogP contribution in [0, 0.1) is 5.92 Å². The van der Waals surface area contributed by atoms with Crippen LogP contribution in [-0.2, 0) is 0 Å². The molecule has 0 saturated carbocycles. The standard InChI is InChI=1S/C15H24N2O/c1-12-7-8-16-13(9-12)11-17(2)14-5-4-6-15(10-14)18-3/h4-6,10,12-13,16H,7-9,11H2,1-3H3. The van der Waals surface area contributed by atoms with Crippen molar-refractivity contribution in [3.63, 3.8) is 0 Å². The highest BCUT2D eigenvalue weighted by atomic mass is 16.5. The van der Waals surface area contributed by atoms with E-state index in [2.05, 4.69) is 36.3 Å². The van der Waals surface area contributed by atoms with Crippen LogP contribution < -0.4 is 15.0 Å². The van der Waals surface area contributed by atoms with Crippen molar-refractivity contribution < 1.29 is 4.74 Å². The predicted octanol–water partition coefficient (Wildman–Crippen LogP) is 2.52. The van der Waals surface area contributed by atoms with Gasteiger partial charge in [-0.25, -0.2) is 0 Å². The molecule has 2 atom stereocenters. The number of nitrogens with zero attached hydrogens (tertiary/aromatic N) is 1. The number of piperidine rings is 1. The number of likely N-dealkylation sites (N-methyl/N-ethyl adjacent to an activating group) is 1. The Morgan fingerprint density at radius 2 is 2.28 bits per heavy atom. The second-order valence-electron chi connectivity index (χ2n) is 5.36. The van der Waals surface area contributed by atoms with Crippen LogP contribution in [-0.4, -0.2) is 33.3 Å². The molecule has 3 nitrogen and oxygen atoms in total. The van der Waals surface area contributed by atoms with E-state index >= 15 is 0 Å². The SMILES string of the molecule is COc1cccc(N(C)CC2CC(C)CCN2)c1. The maximum Gasteiger partial charge on any atom is 0.120 e. The van der Waals surface area contributed by atoms with Crippen molar-refractivity contribution in [2.75, 3.05) is 32.1 Å². The molecule has 1 saturated heterocycles. The van der Waals surface area contributed by atoms with E-state index in [0.717, 1.165) is 24.8 Å². The fourth-order valence-electron chi connectivity index (χ4n) is 2.64. The van der Waals surface area contributed by atoms with Crippen molar-refractivity contribution in [3.05, 3.63) is 24.3 Å². The zero-order chi connectivity index (χ0) is 13.0. The average molecular weight is 248 g/mol. The number of ether oxygens (including phenoxy) is 1. The first kappa shape index (κ1) is 13.2. The van der Waals surface area contributed by atoms with Gasteiger partial charge in [-0.3, -0.25) is 0 Å². The third kappa shape index (κ3) is 3.39. The van der Waals surface area contributed by atoms with Gasteiger partial charge in [0.05, 0.1) is 7.11 Å². The molecule has 0 amide bonds. The van der Waals surface area contributed by atoms with Gasteiger partial charge in [0.2, 0.25) is 0 Å². The lowest BCUT2D eigenvalue weighted by Gasteiger charge is -2.32. The summed E-state index contributed by atoms with van der Waals surface area (Å²) in [7, 11) is 3.86. The minimum absolute atomic E-state index is 0.602. The summed E-state index contributed by atoms with van der Waals surface area (Å²) in [6, 6.07) is 8.85. The molecule has 0 bridgehead atoms. The first-order valence-electron chi connectivity index (χ1n) is 6.77. The summed E-state index contributed by atoms with van der Waals surface area (Å²) in [5.74, 6) is 1.76. The molecule has 0 spiro atoms. The van der Waals surface area contributed by atoms with E-state index in [-0.39, 0.29) is 0 Å². The van der Waals surface area contributed by atoms with Crippen molar-refractivity contribution in [1.29, 1.82) is 0 Å². The maximum absolute atomic E-state index is 5.27.